The molecule has 4 atom stereocenters. The molecule has 10 heteroatoms. The van der Waals surface area contributed by atoms with E-state index in [9.17, 15) is 9.18 Å². The normalized spacial score (nSPS) is 20.5. The highest BCUT2D eigenvalue weighted by atomic mass is 19.1. The van der Waals surface area contributed by atoms with E-state index in [0.29, 0.717) is 12.8 Å². The molecule has 2 aromatic rings. The molecule has 1 saturated heterocycles. The Hall–Kier alpha value is -3.62. The third-order valence-corrected chi connectivity index (χ3v) is 5.49. The summed E-state index contributed by atoms with van der Waals surface area (Å²) in [5.74, 6) is -0.121. The van der Waals surface area contributed by atoms with Crippen molar-refractivity contribution in [1.82, 2.24) is 4.90 Å². The van der Waals surface area contributed by atoms with Gasteiger partial charge in [0.05, 0.1) is 18.2 Å². The summed E-state index contributed by atoms with van der Waals surface area (Å²) in [6.45, 7) is 0.723. The number of alkyl halides is 1. The fourth-order valence-electron chi connectivity index (χ4n) is 3.83. The first-order valence-electron chi connectivity index (χ1n) is 11.0. The first kappa shape index (κ1) is 25.0. The van der Waals surface area contributed by atoms with Crippen molar-refractivity contribution < 1.29 is 23.4 Å². The van der Waals surface area contributed by atoms with Crippen molar-refractivity contribution >= 4 is 12.0 Å². The van der Waals surface area contributed by atoms with Gasteiger partial charge in [0.25, 0.3) is 0 Å². The number of ether oxygens (including phenoxy) is 3. The molecule has 0 aromatic heterocycles. The number of benzene rings is 2. The lowest BCUT2D eigenvalue weighted by atomic mass is 9.98. The second-order valence-corrected chi connectivity index (χ2v) is 7.94. The second-order valence-electron chi connectivity index (χ2n) is 7.94. The molecule has 1 amide bonds. The topological polar surface area (TPSA) is 121 Å². The SMILES string of the molecule is CC(=N)OC1OC(C(CF)N(Cc2ccccc2)C(=O)OCc2ccccc2)CCC1N=[N+]=[N-]. The summed E-state index contributed by atoms with van der Waals surface area (Å²) in [6, 6.07) is 16.8. The molecule has 1 aliphatic rings. The highest BCUT2D eigenvalue weighted by Gasteiger charge is 2.40. The first-order valence-corrected chi connectivity index (χ1v) is 11.0. The molecular weight excluding hydrogens is 441 g/mol. The highest BCUT2D eigenvalue weighted by molar-refractivity contribution is 5.69. The molecule has 4 unspecified atom stereocenters. The summed E-state index contributed by atoms with van der Waals surface area (Å²) in [4.78, 5) is 17.3. The van der Waals surface area contributed by atoms with Gasteiger partial charge in [-0.25, -0.2) is 9.18 Å². The van der Waals surface area contributed by atoms with Crippen LogP contribution in [-0.4, -0.2) is 48.0 Å². The van der Waals surface area contributed by atoms with E-state index in [-0.39, 0.29) is 19.0 Å². The summed E-state index contributed by atoms with van der Waals surface area (Å²) in [5.41, 5.74) is 10.5. The predicted molar refractivity (Wildman–Crippen MR) is 124 cm³/mol. The van der Waals surface area contributed by atoms with Crippen molar-refractivity contribution in [1.29, 1.82) is 5.41 Å². The number of nitrogens with zero attached hydrogens (tertiary/aromatic N) is 4. The Morgan fingerprint density at radius 3 is 2.44 bits per heavy atom. The Kier molecular flexibility index (Phi) is 9.25. The highest BCUT2D eigenvalue weighted by Crippen LogP contribution is 2.29. The van der Waals surface area contributed by atoms with Crippen LogP contribution in [-0.2, 0) is 27.4 Å². The zero-order valence-corrected chi connectivity index (χ0v) is 18.9. The van der Waals surface area contributed by atoms with Crippen LogP contribution in [0.25, 0.3) is 10.4 Å². The Labute approximate surface area is 197 Å². The average Bonchev–Trinajstić information content (AvgIpc) is 2.85. The molecule has 9 nitrogen and oxygen atoms in total. The second kappa shape index (κ2) is 12.6. The van der Waals surface area contributed by atoms with Crippen molar-refractivity contribution in [2.45, 2.75) is 57.4 Å². The van der Waals surface area contributed by atoms with Gasteiger partial charge in [0, 0.05) is 18.4 Å². The lowest BCUT2D eigenvalue weighted by Gasteiger charge is -2.40. The van der Waals surface area contributed by atoms with Gasteiger partial charge >= 0.3 is 6.09 Å². The standard InChI is InChI=1S/C24H28FN5O4/c1-17(26)33-23-20(28-29-27)12-13-22(34-23)21(14-25)30(15-18-8-4-2-5-9-18)24(31)32-16-19-10-6-3-7-11-19/h2-11,20-23,26H,12-16H2,1H3. The molecule has 2 aromatic carbocycles. The van der Waals surface area contributed by atoms with Gasteiger partial charge in [-0.2, -0.15) is 0 Å². The maximum absolute atomic E-state index is 14.5. The van der Waals surface area contributed by atoms with Gasteiger partial charge in [-0.15, -0.1) is 0 Å². The minimum absolute atomic E-state index is 0.0488. The van der Waals surface area contributed by atoms with E-state index in [1.165, 1.54) is 11.8 Å². The monoisotopic (exact) mass is 469 g/mol. The number of halogens is 1. The van der Waals surface area contributed by atoms with Crippen LogP contribution in [0.5, 0.6) is 0 Å². The van der Waals surface area contributed by atoms with Crippen LogP contribution in [0, 0.1) is 5.41 Å². The number of rotatable bonds is 9. The zero-order valence-electron chi connectivity index (χ0n) is 18.9. The molecule has 1 aliphatic heterocycles. The van der Waals surface area contributed by atoms with E-state index in [1.807, 2.05) is 60.7 Å². The fraction of sp³-hybridized carbons (Fsp3) is 0.417. The molecule has 0 saturated carbocycles. The van der Waals surface area contributed by atoms with Crippen molar-refractivity contribution in [3.8, 4) is 0 Å². The molecule has 1 N–H and O–H groups in total. The lowest BCUT2D eigenvalue weighted by Crippen LogP contribution is -2.53. The number of hydrogen-bond acceptors (Lipinski definition) is 6. The van der Waals surface area contributed by atoms with Gasteiger partial charge in [-0.1, -0.05) is 65.8 Å². The largest absolute Gasteiger partial charge is 0.452 e. The zero-order chi connectivity index (χ0) is 24.3. The molecule has 3 rings (SSSR count). The van der Waals surface area contributed by atoms with E-state index in [4.69, 9.17) is 25.2 Å². The number of amides is 1. The van der Waals surface area contributed by atoms with Crippen LogP contribution >= 0.6 is 0 Å². The summed E-state index contributed by atoms with van der Waals surface area (Å²) < 4.78 is 31.3. The van der Waals surface area contributed by atoms with Crippen molar-refractivity contribution in [3.05, 3.63) is 82.2 Å². The van der Waals surface area contributed by atoms with Gasteiger partial charge in [-0.05, 0) is 29.5 Å². The van der Waals surface area contributed by atoms with Crippen LogP contribution in [0.1, 0.15) is 30.9 Å². The fourth-order valence-corrected chi connectivity index (χ4v) is 3.83. The quantitative estimate of drug-likeness (QED) is 0.175. The number of azide groups is 1. The van der Waals surface area contributed by atoms with Crippen LogP contribution in [0.3, 0.4) is 0 Å². The van der Waals surface area contributed by atoms with Gasteiger partial charge in [0.15, 0.2) is 5.90 Å². The molecule has 34 heavy (non-hydrogen) atoms. The van der Waals surface area contributed by atoms with Gasteiger partial charge in [-0.3, -0.25) is 10.3 Å². The van der Waals surface area contributed by atoms with E-state index in [2.05, 4.69) is 10.0 Å². The van der Waals surface area contributed by atoms with Crippen LogP contribution in [0.2, 0.25) is 0 Å². The van der Waals surface area contributed by atoms with E-state index < -0.39 is 37.2 Å². The van der Waals surface area contributed by atoms with Gasteiger partial charge in [0.1, 0.15) is 13.3 Å². The molecule has 0 spiro atoms. The number of nitrogens with one attached hydrogen (secondary N) is 1. The van der Waals surface area contributed by atoms with E-state index in [1.54, 1.807) is 0 Å². The average molecular weight is 470 g/mol. The molecule has 0 aliphatic carbocycles. The summed E-state index contributed by atoms with van der Waals surface area (Å²) >= 11 is 0. The van der Waals surface area contributed by atoms with E-state index >= 15 is 0 Å². The van der Waals surface area contributed by atoms with Crippen LogP contribution in [0.4, 0.5) is 9.18 Å². The minimum Gasteiger partial charge on any atom is -0.452 e. The van der Waals surface area contributed by atoms with Crippen molar-refractivity contribution in [2.24, 2.45) is 5.11 Å². The smallest absolute Gasteiger partial charge is 0.410 e. The Morgan fingerprint density at radius 1 is 1.21 bits per heavy atom. The molecular formula is C24H28FN5O4. The Balaban J connectivity index is 1.80. The summed E-state index contributed by atoms with van der Waals surface area (Å²) in [5, 5.41) is 11.3. The number of hydrogen-bond donors (Lipinski definition) is 1. The molecule has 1 heterocycles. The Morgan fingerprint density at radius 2 is 1.85 bits per heavy atom. The minimum atomic E-state index is -1.04. The predicted octanol–water partition coefficient (Wildman–Crippen LogP) is 5.36. The lowest BCUT2D eigenvalue weighted by molar-refractivity contribution is -0.182. The van der Waals surface area contributed by atoms with Gasteiger partial charge < -0.3 is 14.2 Å². The maximum Gasteiger partial charge on any atom is 0.410 e. The number of carbonyl (C=O) groups excluding carboxylic acids is 1. The van der Waals surface area contributed by atoms with E-state index in [0.717, 1.165) is 11.1 Å². The maximum atomic E-state index is 14.5. The third kappa shape index (κ3) is 6.94. The summed E-state index contributed by atoms with van der Waals surface area (Å²) in [6.07, 6.45) is -1.75. The molecule has 1 fully saturated rings. The molecule has 0 radical (unpaired) electrons. The molecule has 180 valence electrons. The van der Waals surface area contributed by atoms with Gasteiger partial charge in [0.2, 0.25) is 6.29 Å². The van der Waals surface area contributed by atoms with Crippen molar-refractivity contribution in [2.75, 3.05) is 6.67 Å². The summed E-state index contributed by atoms with van der Waals surface area (Å²) in [7, 11) is 0. The van der Waals surface area contributed by atoms with Crippen LogP contribution in [0.15, 0.2) is 65.8 Å². The molecule has 0 bridgehead atoms. The third-order valence-electron chi connectivity index (χ3n) is 5.49. The van der Waals surface area contributed by atoms with Crippen LogP contribution < -0.4 is 0 Å². The van der Waals surface area contributed by atoms with Crippen molar-refractivity contribution in [3.63, 3.8) is 0 Å². The number of carbonyl (C=O) groups is 1. The first-order chi connectivity index (χ1) is 16.5. The Bertz CT molecular complexity index is 987.